The number of aromatic nitrogens is 4. The van der Waals surface area contributed by atoms with Gasteiger partial charge in [0.1, 0.15) is 29.3 Å². The van der Waals surface area contributed by atoms with Gasteiger partial charge in [-0.25, -0.2) is 14.6 Å². The molecule has 1 aliphatic heterocycles. The van der Waals surface area contributed by atoms with Gasteiger partial charge in [-0.15, -0.1) is 0 Å². The van der Waals surface area contributed by atoms with Gasteiger partial charge in [-0.05, 0) is 42.8 Å². The van der Waals surface area contributed by atoms with Gasteiger partial charge in [0, 0.05) is 18.2 Å². The van der Waals surface area contributed by atoms with Crippen molar-refractivity contribution in [2.45, 2.75) is 19.0 Å². The highest BCUT2D eigenvalue weighted by Gasteiger charge is 2.32. The van der Waals surface area contributed by atoms with Crippen molar-refractivity contribution < 1.29 is 9.53 Å². The van der Waals surface area contributed by atoms with E-state index in [4.69, 9.17) is 15.6 Å². The van der Waals surface area contributed by atoms with Gasteiger partial charge in [-0.1, -0.05) is 24.8 Å². The Hall–Kier alpha value is -4.20. The maximum atomic E-state index is 12.2. The summed E-state index contributed by atoms with van der Waals surface area (Å²) in [6, 6.07) is 17.2. The third-order valence-electron chi connectivity index (χ3n) is 5.70. The summed E-state index contributed by atoms with van der Waals surface area (Å²) in [5.74, 6) is 1.82. The number of carbonyl (C=O) groups is 1. The van der Waals surface area contributed by atoms with Crippen molar-refractivity contribution in [2.24, 2.45) is 0 Å². The Kier molecular flexibility index (Phi) is 4.82. The smallest absolute Gasteiger partial charge is 0.249 e. The number of ether oxygens (including phenoxy) is 1. The molecule has 5 rings (SSSR count). The lowest BCUT2D eigenvalue weighted by Crippen LogP contribution is -2.32. The molecule has 8 heteroatoms. The second-order valence-electron chi connectivity index (χ2n) is 7.81. The van der Waals surface area contributed by atoms with E-state index in [9.17, 15) is 4.79 Å². The monoisotopic (exact) mass is 426 g/mol. The van der Waals surface area contributed by atoms with E-state index in [1.54, 1.807) is 16.6 Å². The second-order valence-corrected chi connectivity index (χ2v) is 7.81. The minimum atomic E-state index is -0.0382. The van der Waals surface area contributed by atoms with Crippen molar-refractivity contribution in [3.63, 3.8) is 0 Å². The topological polar surface area (TPSA) is 99.2 Å². The average molecular weight is 426 g/mol. The molecule has 0 saturated carbocycles. The van der Waals surface area contributed by atoms with Crippen LogP contribution in [-0.4, -0.2) is 43.6 Å². The molecule has 0 bridgehead atoms. The molecule has 0 radical (unpaired) electrons. The van der Waals surface area contributed by atoms with E-state index in [0.29, 0.717) is 41.1 Å². The van der Waals surface area contributed by atoms with Crippen LogP contribution in [0.4, 0.5) is 5.82 Å². The number of hydrogen-bond acceptors (Lipinski definition) is 6. The summed E-state index contributed by atoms with van der Waals surface area (Å²) < 4.78 is 7.68. The van der Waals surface area contributed by atoms with Crippen molar-refractivity contribution >= 4 is 22.8 Å². The lowest BCUT2D eigenvalue weighted by molar-refractivity contribution is -0.125. The molecule has 2 aromatic heterocycles. The number of carbonyl (C=O) groups excluding carboxylic acids is 1. The molecule has 1 amide bonds. The molecule has 0 aliphatic carbocycles. The van der Waals surface area contributed by atoms with Crippen LogP contribution in [0.2, 0.25) is 0 Å². The summed E-state index contributed by atoms with van der Waals surface area (Å²) in [5, 5.41) is 5.50. The maximum Gasteiger partial charge on any atom is 0.249 e. The van der Waals surface area contributed by atoms with Crippen molar-refractivity contribution in [2.75, 3.05) is 12.8 Å². The number of anilines is 1. The molecule has 32 heavy (non-hydrogen) atoms. The van der Waals surface area contributed by atoms with E-state index in [0.717, 1.165) is 17.1 Å². The molecule has 0 unspecified atom stereocenters. The summed E-state index contributed by atoms with van der Waals surface area (Å²) in [4.78, 5) is 22.4. The number of rotatable bonds is 5. The summed E-state index contributed by atoms with van der Waals surface area (Å²) in [7, 11) is 1.78. The van der Waals surface area contributed by atoms with Crippen LogP contribution in [0.5, 0.6) is 11.5 Å². The third kappa shape index (κ3) is 3.45. The van der Waals surface area contributed by atoms with Crippen LogP contribution in [0.25, 0.3) is 22.3 Å². The van der Waals surface area contributed by atoms with Gasteiger partial charge in [-0.2, -0.15) is 5.10 Å². The highest BCUT2D eigenvalue weighted by atomic mass is 16.5. The zero-order chi connectivity index (χ0) is 22.2. The molecule has 8 nitrogen and oxygen atoms in total. The van der Waals surface area contributed by atoms with Gasteiger partial charge in [0.05, 0.1) is 18.0 Å². The molecule has 160 valence electrons. The number of likely N-dealkylation sites (N-methyl/N-ethyl adjacent to an activating group) is 1. The molecule has 2 aromatic carbocycles. The Morgan fingerprint density at radius 1 is 1.09 bits per heavy atom. The molecule has 1 saturated heterocycles. The first-order valence-electron chi connectivity index (χ1n) is 10.3. The van der Waals surface area contributed by atoms with Gasteiger partial charge < -0.3 is 15.4 Å². The molecule has 1 fully saturated rings. The van der Waals surface area contributed by atoms with Gasteiger partial charge in [-0.3, -0.25) is 4.79 Å². The van der Waals surface area contributed by atoms with Gasteiger partial charge in [0.2, 0.25) is 5.91 Å². The van der Waals surface area contributed by atoms with Gasteiger partial charge >= 0.3 is 0 Å². The normalized spacial score (nSPS) is 16.2. The van der Waals surface area contributed by atoms with Crippen molar-refractivity contribution in [3.8, 4) is 22.8 Å². The molecule has 0 spiro atoms. The number of hydrogen-bond donors (Lipinski definition) is 1. The van der Waals surface area contributed by atoms with Crippen molar-refractivity contribution in [1.29, 1.82) is 0 Å². The molecule has 2 N–H and O–H groups in total. The number of para-hydroxylation sites is 1. The second kappa shape index (κ2) is 7.81. The molecule has 1 atom stereocenters. The number of nitrogens with zero attached hydrogens (tertiary/aromatic N) is 5. The SMILES string of the molecule is C=C1C[C@H](Cn2nc(-c3ccc(Oc4ccccc4)cc3)c3c(N)ncnc32)N(C)C1=O. The first kappa shape index (κ1) is 19.7. The summed E-state index contributed by atoms with van der Waals surface area (Å²) >= 11 is 0. The number of nitrogen functional groups attached to an aromatic ring is 1. The molecular formula is C24H22N6O2. The van der Waals surface area contributed by atoms with Crippen LogP contribution < -0.4 is 10.5 Å². The van der Waals surface area contributed by atoms with E-state index < -0.39 is 0 Å². The van der Waals surface area contributed by atoms with E-state index in [-0.39, 0.29) is 11.9 Å². The van der Waals surface area contributed by atoms with Crippen LogP contribution in [0.15, 0.2) is 73.1 Å². The third-order valence-corrected chi connectivity index (χ3v) is 5.70. The van der Waals surface area contributed by atoms with Crippen LogP contribution in [0.3, 0.4) is 0 Å². The highest BCUT2D eigenvalue weighted by Crippen LogP contribution is 2.33. The Balaban J connectivity index is 1.49. The summed E-state index contributed by atoms with van der Waals surface area (Å²) in [5.41, 5.74) is 9.02. The fraction of sp³-hybridized carbons (Fsp3) is 0.167. The summed E-state index contributed by atoms with van der Waals surface area (Å²) in [6.07, 6.45) is 2.02. The minimum absolute atomic E-state index is 0.0326. The van der Waals surface area contributed by atoms with Crippen molar-refractivity contribution in [1.82, 2.24) is 24.6 Å². The molecule has 4 aromatic rings. The molecular weight excluding hydrogens is 404 g/mol. The number of amides is 1. The Morgan fingerprint density at radius 2 is 1.81 bits per heavy atom. The number of likely N-dealkylation sites (tertiary alicyclic amines) is 1. The Labute approximate surface area is 185 Å². The predicted molar refractivity (Wildman–Crippen MR) is 122 cm³/mol. The summed E-state index contributed by atoms with van der Waals surface area (Å²) in [6.45, 7) is 4.36. The lowest BCUT2D eigenvalue weighted by Gasteiger charge is -2.19. The fourth-order valence-electron chi connectivity index (χ4n) is 3.98. The largest absolute Gasteiger partial charge is 0.457 e. The minimum Gasteiger partial charge on any atom is -0.457 e. The van der Waals surface area contributed by atoms with Crippen LogP contribution in [0.1, 0.15) is 6.42 Å². The predicted octanol–water partition coefficient (Wildman–Crippen LogP) is 3.65. The fourth-order valence-corrected chi connectivity index (χ4v) is 3.98. The zero-order valence-electron chi connectivity index (χ0n) is 17.6. The van der Waals surface area contributed by atoms with E-state index >= 15 is 0 Å². The van der Waals surface area contributed by atoms with Crippen LogP contribution >= 0.6 is 0 Å². The van der Waals surface area contributed by atoms with Crippen LogP contribution in [0, 0.1) is 0 Å². The van der Waals surface area contributed by atoms with E-state index in [2.05, 4.69) is 16.5 Å². The van der Waals surface area contributed by atoms with Crippen LogP contribution in [-0.2, 0) is 11.3 Å². The molecule has 1 aliphatic rings. The average Bonchev–Trinajstić information content (AvgIpc) is 3.29. The Morgan fingerprint density at radius 3 is 2.50 bits per heavy atom. The zero-order valence-corrected chi connectivity index (χ0v) is 17.6. The first-order valence-corrected chi connectivity index (χ1v) is 10.3. The Bertz CT molecular complexity index is 1310. The standard InChI is InChI=1S/C24H22N6O2/c1-15-12-17(29(2)24(15)31)13-30-23-20(22(25)26-14-27-23)21(28-30)16-8-10-19(11-9-16)32-18-6-4-3-5-7-18/h3-11,14,17H,1,12-13H2,2H3,(H2,25,26,27)/t17-/m1/s1. The van der Waals surface area contributed by atoms with Gasteiger partial charge in [0.15, 0.2) is 5.65 Å². The number of fused-ring (bicyclic) bond motifs is 1. The van der Waals surface area contributed by atoms with E-state index in [1.807, 2.05) is 54.6 Å². The highest BCUT2D eigenvalue weighted by molar-refractivity contribution is 5.98. The number of benzene rings is 2. The quantitative estimate of drug-likeness (QED) is 0.489. The maximum absolute atomic E-state index is 12.2. The lowest BCUT2D eigenvalue weighted by atomic mass is 10.1. The molecule has 3 heterocycles. The van der Waals surface area contributed by atoms with E-state index in [1.165, 1.54) is 6.33 Å². The van der Waals surface area contributed by atoms with Crippen molar-refractivity contribution in [3.05, 3.63) is 73.1 Å². The first-order chi connectivity index (χ1) is 15.5. The number of nitrogens with two attached hydrogens (primary N) is 1. The van der Waals surface area contributed by atoms with Gasteiger partial charge in [0.25, 0.3) is 0 Å².